The number of barbiturate groups is 1. The Hall–Kier alpha value is -1.90. The molecule has 0 aromatic heterocycles. The molecule has 1 rings (SSSR count). The average Bonchev–Trinajstić information content (AvgIpc) is 2.02. The van der Waals surface area contributed by atoms with Gasteiger partial charge in [-0.1, -0.05) is 0 Å². The fourth-order valence-electron chi connectivity index (χ4n) is 1.02. The molecule has 0 aromatic rings. The van der Waals surface area contributed by atoms with E-state index in [1.807, 2.05) is 16.7 Å². The van der Waals surface area contributed by atoms with Crippen LogP contribution in [-0.4, -0.2) is 17.8 Å². The van der Waals surface area contributed by atoms with E-state index in [-0.39, 0.29) is 12.8 Å². The standard InChI is InChI=1S/C7H7N3O3/c8-3-1-2-4-5(11)9-7(13)10-6(4)12/h4H,1-2H2,(H2,9,10,11,12,13). The number of nitrogens with zero attached hydrogens (tertiary/aromatic N) is 1. The molecule has 13 heavy (non-hydrogen) atoms. The lowest BCUT2D eigenvalue weighted by Gasteiger charge is -2.19. The zero-order valence-electron chi connectivity index (χ0n) is 6.66. The van der Waals surface area contributed by atoms with Crippen molar-refractivity contribution in [2.45, 2.75) is 12.8 Å². The first-order chi connectivity index (χ1) is 6.15. The van der Waals surface area contributed by atoms with Gasteiger partial charge in [-0.25, -0.2) is 4.79 Å². The number of amides is 4. The fourth-order valence-corrected chi connectivity index (χ4v) is 1.02. The van der Waals surface area contributed by atoms with Gasteiger partial charge >= 0.3 is 6.03 Å². The van der Waals surface area contributed by atoms with E-state index < -0.39 is 23.8 Å². The lowest BCUT2D eigenvalue weighted by Crippen LogP contribution is -2.55. The summed E-state index contributed by atoms with van der Waals surface area (Å²) in [6.45, 7) is 0. The number of nitrogens with one attached hydrogen (secondary N) is 2. The zero-order chi connectivity index (χ0) is 9.84. The average molecular weight is 181 g/mol. The second-order valence-corrected chi connectivity index (χ2v) is 2.56. The van der Waals surface area contributed by atoms with E-state index in [2.05, 4.69) is 0 Å². The molecule has 0 bridgehead atoms. The summed E-state index contributed by atoms with van der Waals surface area (Å²) in [6.07, 6.45) is 0.251. The number of urea groups is 1. The Morgan fingerprint density at radius 3 is 2.23 bits per heavy atom. The van der Waals surface area contributed by atoms with E-state index in [4.69, 9.17) is 5.26 Å². The van der Waals surface area contributed by atoms with Crippen LogP contribution in [0.2, 0.25) is 0 Å². The molecule has 0 radical (unpaired) electrons. The molecule has 0 unspecified atom stereocenters. The molecule has 0 aliphatic carbocycles. The van der Waals surface area contributed by atoms with Crippen LogP contribution in [0, 0.1) is 17.2 Å². The molecule has 0 saturated carbocycles. The first-order valence-electron chi connectivity index (χ1n) is 3.68. The molecular formula is C7H7N3O3. The van der Waals surface area contributed by atoms with Crippen LogP contribution in [0.4, 0.5) is 4.79 Å². The van der Waals surface area contributed by atoms with Crippen LogP contribution in [-0.2, 0) is 9.59 Å². The maximum atomic E-state index is 11.0. The minimum Gasteiger partial charge on any atom is -0.277 e. The smallest absolute Gasteiger partial charge is 0.277 e. The number of nitriles is 1. The van der Waals surface area contributed by atoms with Gasteiger partial charge in [0.15, 0.2) is 0 Å². The van der Waals surface area contributed by atoms with Crippen LogP contribution in [0.3, 0.4) is 0 Å². The third-order valence-corrected chi connectivity index (χ3v) is 1.65. The van der Waals surface area contributed by atoms with Crippen LogP contribution in [0.1, 0.15) is 12.8 Å². The van der Waals surface area contributed by atoms with E-state index >= 15 is 0 Å². The van der Waals surface area contributed by atoms with Crippen molar-refractivity contribution in [3.8, 4) is 6.07 Å². The van der Waals surface area contributed by atoms with E-state index in [0.717, 1.165) is 0 Å². The lowest BCUT2D eigenvalue weighted by atomic mass is 10.0. The van der Waals surface area contributed by atoms with Crippen molar-refractivity contribution in [3.63, 3.8) is 0 Å². The molecule has 1 aliphatic rings. The summed E-state index contributed by atoms with van der Waals surface area (Å²) >= 11 is 0. The van der Waals surface area contributed by atoms with Crippen molar-refractivity contribution in [1.29, 1.82) is 5.26 Å². The van der Waals surface area contributed by atoms with Crippen molar-refractivity contribution in [3.05, 3.63) is 0 Å². The Morgan fingerprint density at radius 1 is 1.23 bits per heavy atom. The summed E-state index contributed by atoms with van der Waals surface area (Å²) in [5, 5.41) is 12.1. The highest BCUT2D eigenvalue weighted by Gasteiger charge is 2.33. The molecule has 0 spiro atoms. The minimum absolute atomic E-state index is 0.111. The molecule has 1 heterocycles. The Morgan fingerprint density at radius 2 is 1.77 bits per heavy atom. The molecule has 4 amide bonds. The molecule has 2 N–H and O–H groups in total. The molecule has 6 heteroatoms. The Labute approximate surface area is 73.9 Å². The van der Waals surface area contributed by atoms with Crippen molar-refractivity contribution in [1.82, 2.24) is 10.6 Å². The van der Waals surface area contributed by atoms with Gasteiger partial charge in [-0.05, 0) is 6.42 Å². The van der Waals surface area contributed by atoms with Crippen molar-refractivity contribution >= 4 is 17.8 Å². The van der Waals surface area contributed by atoms with Gasteiger partial charge < -0.3 is 0 Å². The maximum absolute atomic E-state index is 11.0. The van der Waals surface area contributed by atoms with E-state index in [1.54, 1.807) is 0 Å². The van der Waals surface area contributed by atoms with Gasteiger partial charge in [0.2, 0.25) is 11.8 Å². The van der Waals surface area contributed by atoms with E-state index in [9.17, 15) is 14.4 Å². The SMILES string of the molecule is N#CCCC1C(=O)NC(=O)NC1=O. The molecule has 1 aliphatic heterocycles. The van der Waals surface area contributed by atoms with Crippen LogP contribution in [0.15, 0.2) is 0 Å². The summed E-state index contributed by atoms with van der Waals surface area (Å²) < 4.78 is 0. The van der Waals surface area contributed by atoms with Gasteiger partial charge in [-0.2, -0.15) is 5.26 Å². The van der Waals surface area contributed by atoms with Gasteiger partial charge in [0.05, 0.1) is 6.07 Å². The molecule has 6 nitrogen and oxygen atoms in total. The summed E-state index contributed by atoms with van der Waals surface area (Å²) in [5.41, 5.74) is 0. The Kier molecular flexibility index (Phi) is 2.59. The Balaban J connectivity index is 2.63. The highest BCUT2D eigenvalue weighted by Crippen LogP contribution is 2.09. The predicted molar refractivity (Wildman–Crippen MR) is 40.0 cm³/mol. The zero-order valence-corrected chi connectivity index (χ0v) is 6.66. The first kappa shape index (κ1) is 9.19. The maximum Gasteiger partial charge on any atom is 0.328 e. The van der Waals surface area contributed by atoms with Crippen molar-refractivity contribution in [2.75, 3.05) is 0 Å². The number of hydrogen-bond acceptors (Lipinski definition) is 4. The molecule has 68 valence electrons. The van der Waals surface area contributed by atoms with Gasteiger partial charge in [-0.3, -0.25) is 20.2 Å². The topological polar surface area (TPSA) is 99.1 Å². The summed E-state index contributed by atoms with van der Waals surface area (Å²) in [5.74, 6) is -2.19. The normalized spacial score (nSPS) is 17.6. The van der Waals surface area contributed by atoms with E-state index in [0.29, 0.717) is 0 Å². The molecular weight excluding hydrogens is 174 g/mol. The quantitative estimate of drug-likeness (QED) is 0.548. The second kappa shape index (κ2) is 3.67. The molecule has 0 atom stereocenters. The monoisotopic (exact) mass is 181 g/mol. The highest BCUT2D eigenvalue weighted by atomic mass is 16.2. The molecule has 0 aromatic carbocycles. The van der Waals surface area contributed by atoms with Crippen molar-refractivity contribution in [2.24, 2.45) is 5.92 Å². The number of carbonyl (C=O) groups is 3. The largest absolute Gasteiger partial charge is 0.328 e. The number of carbonyl (C=O) groups excluding carboxylic acids is 3. The third kappa shape index (κ3) is 2.02. The van der Waals surface area contributed by atoms with Crippen LogP contribution in [0.5, 0.6) is 0 Å². The second-order valence-electron chi connectivity index (χ2n) is 2.56. The minimum atomic E-state index is -0.919. The van der Waals surface area contributed by atoms with Crippen LogP contribution in [0.25, 0.3) is 0 Å². The lowest BCUT2D eigenvalue weighted by molar-refractivity contribution is -0.136. The van der Waals surface area contributed by atoms with Crippen LogP contribution < -0.4 is 10.6 Å². The molecule has 1 saturated heterocycles. The molecule has 1 fully saturated rings. The summed E-state index contributed by atoms with van der Waals surface area (Å²) in [7, 11) is 0. The first-order valence-corrected chi connectivity index (χ1v) is 3.68. The number of hydrogen-bond donors (Lipinski definition) is 2. The van der Waals surface area contributed by atoms with E-state index in [1.165, 1.54) is 0 Å². The van der Waals surface area contributed by atoms with Gasteiger partial charge in [0.1, 0.15) is 5.92 Å². The number of imide groups is 2. The van der Waals surface area contributed by atoms with Gasteiger partial charge in [-0.15, -0.1) is 0 Å². The summed E-state index contributed by atoms with van der Waals surface area (Å²) in [6, 6.07) is 1.02. The van der Waals surface area contributed by atoms with Crippen LogP contribution >= 0.6 is 0 Å². The number of rotatable bonds is 2. The third-order valence-electron chi connectivity index (χ3n) is 1.65. The van der Waals surface area contributed by atoms with Gasteiger partial charge in [0, 0.05) is 6.42 Å². The van der Waals surface area contributed by atoms with Crippen molar-refractivity contribution < 1.29 is 14.4 Å². The highest BCUT2D eigenvalue weighted by molar-refractivity contribution is 6.16. The van der Waals surface area contributed by atoms with Gasteiger partial charge in [0.25, 0.3) is 0 Å². The Bertz CT molecular complexity index is 285. The fraction of sp³-hybridized carbons (Fsp3) is 0.429. The summed E-state index contributed by atoms with van der Waals surface area (Å²) in [4.78, 5) is 32.6. The predicted octanol–water partition coefficient (Wildman–Crippen LogP) is -0.728.